The summed E-state index contributed by atoms with van der Waals surface area (Å²) in [5, 5.41) is 31.6. The van der Waals surface area contributed by atoms with Crippen LogP contribution in [0.4, 0.5) is 11.9 Å². The molecule has 6 N–H and O–H groups in total. The van der Waals surface area contributed by atoms with Crippen molar-refractivity contribution < 1.29 is 34.4 Å². The van der Waals surface area contributed by atoms with Crippen LogP contribution in [0.5, 0.6) is 11.8 Å². The number of carbonyl (C=O) groups excluding carboxylic acids is 1. The summed E-state index contributed by atoms with van der Waals surface area (Å²) in [6.07, 6.45) is 16.7. The smallest absolute Gasteiger partial charge is 0.342 e. The normalized spacial score (nSPS) is 15.7. The second-order valence-electron chi connectivity index (χ2n) is 17.4. The number of nitrogens with zero attached hydrogens (tertiary/aromatic N) is 10. The summed E-state index contributed by atoms with van der Waals surface area (Å²) in [5.41, 5.74) is 9.04. The third-order valence-corrected chi connectivity index (χ3v) is 13.2. The van der Waals surface area contributed by atoms with E-state index in [1.807, 2.05) is 6.07 Å². The number of benzene rings is 2. The van der Waals surface area contributed by atoms with E-state index in [-0.39, 0.29) is 61.8 Å². The van der Waals surface area contributed by atoms with Crippen molar-refractivity contribution in [3.8, 4) is 11.8 Å². The van der Waals surface area contributed by atoms with Crippen LogP contribution < -0.4 is 30.3 Å². The van der Waals surface area contributed by atoms with Crippen molar-refractivity contribution in [2.45, 2.75) is 78.0 Å². The van der Waals surface area contributed by atoms with E-state index >= 15 is 0 Å². The van der Waals surface area contributed by atoms with Crippen LogP contribution in [0.2, 0.25) is 10.0 Å². The summed E-state index contributed by atoms with van der Waals surface area (Å²) in [6, 6.07) is 14.0. The van der Waals surface area contributed by atoms with Crippen LogP contribution in [0.3, 0.4) is 0 Å². The van der Waals surface area contributed by atoms with Gasteiger partial charge in [-0.3, -0.25) is 4.79 Å². The van der Waals surface area contributed by atoms with Crippen LogP contribution >= 0.6 is 23.2 Å². The highest BCUT2D eigenvalue weighted by Crippen LogP contribution is 2.54. The zero-order chi connectivity index (χ0) is 48.4. The van der Waals surface area contributed by atoms with E-state index in [4.69, 9.17) is 38.4 Å². The van der Waals surface area contributed by atoms with Gasteiger partial charge in [0.15, 0.2) is 0 Å². The molecule has 0 radical (unpaired) electrons. The van der Waals surface area contributed by atoms with Crippen molar-refractivity contribution in [2.75, 3.05) is 36.0 Å². The third-order valence-electron chi connectivity index (χ3n) is 12.5. The lowest BCUT2D eigenvalue weighted by atomic mass is 10.1. The number of nitrogens with two attached hydrogens (primary N) is 1. The largest absolute Gasteiger partial charge is 0.477 e. The monoisotopic (exact) mass is 978 g/mol. The first kappa shape index (κ1) is 48.8. The zero-order valence-corrected chi connectivity index (χ0v) is 39.2. The van der Waals surface area contributed by atoms with Gasteiger partial charge in [0, 0.05) is 67.2 Å². The van der Waals surface area contributed by atoms with Gasteiger partial charge in [-0.25, -0.2) is 34.7 Å². The van der Waals surface area contributed by atoms with Gasteiger partial charge in [0.05, 0.1) is 32.5 Å². The second kappa shape index (κ2) is 22.2. The fourth-order valence-corrected chi connectivity index (χ4v) is 8.48. The number of aliphatic hydroxyl groups excluding tert-OH is 2. The van der Waals surface area contributed by atoms with Gasteiger partial charge in [0.2, 0.25) is 23.7 Å². The number of nitrogens with one attached hydrogen (secondary N) is 1. The molecule has 1 amide bonds. The fraction of sp³-hybridized carbons (Fsp3) is 0.375. The highest BCUT2D eigenvalue weighted by Gasteiger charge is 2.49. The van der Waals surface area contributed by atoms with E-state index < -0.39 is 5.97 Å². The molecular weight excluding hydrogens is 928 g/mol. The maximum absolute atomic E-state index is 12.9. The molecule has 0 atom stereocenters. The molecule has 2 aliphatic heterocycles. The van der Waals surface area contributed by atoms with E-state index in [9.17, 15) is 24.9 Å². The molecule has 4 aliphatic rings. The number of ether oxygens (including phenoxy) is 2. The molecule has 2 saturated carbocycles. The average Bonchev–Trinajstić information content (AvgIpc) is 4.23. The van der Waals surface area contributed by atoms with Crippen molar-refractivity contribution >= 4 is 47.0 Å². The van der Waals surface area contributed by atoms with Crippen molar-refractivity contribution in [1.29, 1.82) is 0 Å². The number of rotatable bonds is 15. The van der Waals surface area contributed by atoms with Gasteiger partial charge < -0.3 is 45.6 Å². The van der Waals surface area contributed by atoms with Crippen LogP contribution in [0.15, 0.2) is 85.7 Å². The molecule has 6 aromatic rings. The van der Waals surface area contributed by atoms with Crippen molar-refractivity contribution in [2.24, 2.45) is 16.6 Å². The maximum atomic E-state index is 12.9. The third kappa shape index (κ3) is 12.7. The summed E-state index contributed by atoms with van der Waals surface area (Å²) < 4.78 is 11.7. The molecule has 2 aromatic carbocycles. The summed E-state index contributed by atoms with van der Waals surface area (Å²) in [4.78, 5) is 62.4. The van der Waals surface area contributed by atoms with Gasteiger partial charge >= 0.3 is 5.97 Å². The molecule has 360 valence electrons. The van der Waals surface area contributed by atoms with Crippen LogP contribution in [-0.4, -0.2) is 93.2 Å². The second-order valence-corrected chi connectivity index (χ2v) is 18.2. The van der Waals surface area contributed by atoms with Gasteiger partial charge in [0.25, 0.3) is 5.91 Å². The molecule has 19 nitrogen and oxygen atoms in total. The average molecular weight is 980 g/mol. The highest BCUT2D eigenvalue weighted by atomic mass is 35.5. The Morgan fingerprint density at radius 1 is 0.667 bits per heavy atom. The Bertz CT molecular complexity index is 2740. The van der Waals surface area contributed by atoms with Gasteiger partial charge in [-0.1, -0.05) is 47.5 Å². The Kier molecular flexibility index (Phi) is 15.7. The van der Waals surface area contributed by atoms with Crippen LogP contribution in [0.1, 0.15) is 93.1 Å². The number of amides is 1. The minimum absolute atomic E-state index is 0.0478. The van der Waals surface area contributed by atoms with Crippen LogP contribution in [0.25, 0.3) is 0 Å². The fourth-order valence-electron chi connectivity index (χ4n) is 7.96. The standard InChI is InChI=1S/C24H25ClN6O3.C19H20ClN3O4.C5H7N3/c25-19-10-16(2-3-17(19)13-32)14-34-22-18(21(33)28-12-20-26-7-1-8-27-20)11-29-23(30-22)31-9-6-24(15-31)4-5-24;20-15-7-12(1-2-13(15)9-24)10-27-16-14(17(25)26)8-21-18(22-16)23-6-5-19(11-23)3-4-19;6-4-5-7-2-1-3-8-5/h1-3,7-8,10-11,32H,4-6,9,12-15H2,(H,28,33);1-2,7-8,24H,3-6,9-11H2,(H,25,26);1-3H,4,6H2. The minimum atomic E-state index is -1.13. The van der Waals surface area contributed by atoms with E-state index in [1.54, 1.807) is 67.3 Å². The molecule has 69 heavy (non-hydrogen) atoms. The lowest BCUT2D eigenvalue weighted by Gasteiger charge is -2.18. The molecule has 2 aliphatic carbocycles. The minimum Gasteiger partial charge on any atom is -0.477 e. The summed E-state index contributed by atoms with van der Waals surface area (Å²) >= 11 is 12.3. The van der Waals surface area contributed by atoms with Crippen molar-refractivity contribution in [1.82, 2.24) is 45.2 Å². The zero-order valence-electron chi connectivity index (χ0n) is 37.7. The molecule has 6 heterocycles. The van der Waals surface area contributed by atoms with E-state index in [1.165, 1.54) is 38.1 Å². The number of aliphatic hydroxyl groups is 2. The molecule has 4 fully saturated rings. The number of anilines is 2. The summed E-state index contributed by atoms with van der Waals surface area (Å²) in [5.74, 6) is 1.01. The first-order chi connectivity index (χ1) is 33.5. The predicted octanol–water partition coefficient (Wildman–Crippen LogP) is 5.74. The van der Waals surface area contributed by atoms with Gasteiger partial charge in [-0.2, -0.15) is 9.97 Å². The lowest BCUT2D eigenvalue weighted by molar-refractivity contribution is 0.0689. The van der Waals surface area contributed by atoms with Gasteiger partial charge in [-0.05, 0) is 95.9 Å². The van der Waals surface area contributed by atoms with E-state index in [0.29, 0.717) is 62.1 Å². The molecule has 2 spiro atoms. The predicted molar refractivity (Wildman–Crippen MR) is 255 cm³/mol. The van der Waals surface area contributed by atoms with Crippen LogP contribution in [-0.2, 0) is 39.5 Å². The number of carbonyl (C=O) groups is 2. The van der Waals surface area contributed by atoms with Crippen molar-refractivity contribution in [3.63, 3.8) is 0 Å². The Labute approximate surface area is 408 Å². The first-order valence-corrected chi connectivity index (χ1v) is 23.2. The van der Waals surface area contributed by atoms with Crippen LogP contribution in [0, 0.1) is 10.8 Å². The Balaban J connectivity index is 0.000000163. The number of hydrogen-bond acceptors (Lipinski definition) is 17. The van der Waals surface area contributed by atoms with Crippen molar-refractivity contribution in [3.05, 3.63) is 141 Å². The maximum Gasteiger partial charge on any atom is 0.342 e. The first-order valence-electron chi connectivity index (χ1n) is 22.5. The SMILES string of the molecule is NCc1ncccn1.O=C(NCc1ncccn1)c1cnc(N2CCC3(CC3)C2)nc1OCc1ccc(CO)c(Cl)c1.O=C(O)c1cnc(N2CCC3(CC3)C2)nc1OCc1ccc(CO)c(Cl)c1. The molecule has 10 rings (SSSR count). The molecular formula is C48H52Cl2N12O7. The Morgan fingerprint density at radius 2 is 1.13 bits per heavy atom. The summed E-state index contributed by atoms with van der Waals surface area (Å²) in [7, 11) is 0. The quantitative estimate of drug-likeness (QED) is 0.0822. The van der Waals surface area contributed by atoms with E-state index in [0.717, 1.165) is 50.1 Å². The van der Waals surface area contributed by atoms with E-state index in [2.05, 4.69) is 55.0 Å². The number of carboxylic acids is 1. The number of aromatic nitrogens is 8. The molecule has 2 saturated heterocycles. The van der Waals surface area contributed by atoms with Gasteiger partial charge in [0.1, 0.15) is 36.0 Å². The molecule has 21 heteroatoms. The molecule has 0 bridgehead atoms. The summed E-state index contributed by atoms with van der Waals surface area (Å²) in [6.45, 7) is 4.21. The Hall–Kier alpha value is -6.64. The lowest BCUT2D eigenvalue weighted by Crippen LogP contribution is -2.27. The number of aromatic carboxylic acids is 1. The number of halogens is 2. The van der Waals surface area contributed by atoms with Gasteiger partial charge in [-0.15, -0.1) is 0 Å². The number of carboxylic acid groups (broad SMARTS) is 1. The Morgan fingerprint density at radius 3 is 1.54 bits per heavy atom. The molecule has 0 unspecified atom stereocenters. The number of hydrogen-bond donors (Lipinski definition) is 5. The highest BCUT2D eigenvalue weighted by molar-refractivity contribution is 6.31. The topological polar surface area (TPSA) is 261 Å². The molecule has 4 aromatic heterocycles.